The lowest BCUT2D eigenvalue weighted by atomic mass is 9.61. The van der Waals surface area contributed by atoms with Gasteiger partial charge in [-0.3, -0.25) is 14.4 Å². The van der Waals surface area contributed by atoms with Crippen LogP contribution in [0.5, 0.6) is 5.75 Å². The molecule has 2 aliphatic carbocycles. The Morgan fingerprint density at radius 1 is 1.25 bits per heavy atom. The van der Waals surface area contributed by atoms with Gasteiger partial charge in [0.25, 0.3) is 0 Å². The average molecular weight is 504 g/mol. The number of aliphatic hydroxyl groups excluding tert-OH is 2. The Morgan fingerprint density at radius 3 is 2.47 bits per heavy atom. The Balaban J connectivity index is 2.16. The number of carbonyl (C=O) groups is 3. The van der Waals surface area contributed by atoms with E-state index < -0.39 is 59.7 Å². The maximum Gasteiger partial charge on any atom is 0.225 e. The molecule has 2 aliphatic rings. The number of carbonyl (C=O) groups excluding carboxylic acids is 3. The maximum absolute atomic E-state index is 13.7. The van der Waals surface area contributed by atoms with E-state index in [-0.39, 0.29) is 29.7 Å². The van der Waals surface area contributed by atoms with E-state index >= 15 is 0 Å². The first-order chi connectivity index (χ1) is 16.8. The van der Waals surface area contributed by atoms with E-state index in [1.807, 2.05) is 0 Å². The highest BCUT2D eigenvalue weighted by Crippen LogP contribution is 2.49. The van der Waals surface area contributed by atoms with E-state index in [0.717, 1.165) is 12.1 Å². The summed E-state index contributed by atoms with van der Waals surface area (Å²) in [5.74, 6) is -4.97. The van der Waals surface area contributed by atoms with E-state index in [0.29, 0.717) is 18.0 Å². The fraction of sp³-hybridized carbons (Fsp3) is 0.577. The fourth-order valence-corrected chi connectivity index (χ4v) is 5.57. The molecule has 0 aliphatic heterocycles. The number of fused-ring (bicyclic) bond motifs is 2. The van der Waals surface area contributed by atoms with Crippen LogP contribution in [0.1, 0.15) is 48.2 Å². The van der Waals surface area contributed by atoms with Crippen LogP contribution in [0.2, 0.25) is 0 Å². The number of amides is 1. The van der Waals surface area contributed by atoms with Crippen molar-refractivity contribution in [2.75, 3.05) is 27.2 Å². The second kappa shape index (κ2) is 10.7. The summed E-state index contributed by atoms with van der Waals surface area (Å²) >= 11 is 0. The molecule has 0 heterocycles. The minimum atomic E-state index is -2.60. The topological polar surface area (TPSA) is 173 Å². The van der Waals surface area contributed by atoms with Crippen molar-refractivity contribution in [2.45, 2.75) is 51.3 Å². The van der Waals surface area contributed by atoms with Gasteiger partial charge in [-0.15, -0.1) is 0 Å². The molecule has 3 rings (SSSR count). The molecule has 0 spiro atoms. The molecule has 1 aromatic rings. The average Bonchev–Trinajstić information content (AvgIpc) is 2.77. The number of ketones is 2. The normalized spacial score (nSPS) is 24.6. The lowest BCUT2D eigenvalue weighted by Crippen LogP contribution is -2.60. The number of aromatic hydroxyl groups is 1. The van der Waals surface area contributed by atoms with Gasteiger partial charge in [-0.05, 0) is 62.5 Å². The summed E-state index contributed by atoms with van der Waals surface area (Å²) in [7, 11) is 3.32. The number of nitrogens with two attached hydrogens (primary N) is 1. The SMILES string of the molecule is CC(C)CNCc1ccc(O)c2c1C[C@H]1C[C@@H](C(CO)N(C)C)[C@@](O)(C(=O)CC(N)=O)C(O)=C1C2=O. The van der Waals surface area contributed by atoms with Crippen LogP contribution in [-0.4, -0.2) is 81.7 Å². The highest BCUT2D eigenvalue weighted by Gasteiger charge is 2.58. The number of hydrogen-bond acceptors (Lipinski definition) is 9. The molecule has 1 amide bonds. The van der Waals surface area contributed by atoms with Crippen molar-refractivity contribution in [3.63, 3.8) is 0 Å². The first kappa shape index (κ1) is 27.8. The molecule has 1 unspecified atom stereocenters. The third-order valence-electron chi connectivity index (χ3n) is 7.35. The molecular weight excluding hydrogens is 466 g/mol. The van der Waals surface area contributed by atoms with E-state index in [2.05, 4.69) is 19.2 Å². The van der Waals surface area contributed by atoms with Crippen LogP contribution < -0.4 is 11.1 Å². The first-order valence-electron chi connectivity index (χ1n) is 12.2. The smallest absolute Gasteiger partial charge is 0.225 e. The van der Waals surface area contributed by atoms with Crippen molar-refractivity contribution < 1.29 is 34.8 Å². The molecule has 1 aromatic carbocycles. The maximum atomic E-state index is 13.7. The molecule has 198 valence electrons. The van der Waals surface area contributed by atoms with Crippen LogP contribution in [0.4, 0.5) is 0 Å². The first-order valence-corrected chi connectivity index (χ1v) is 12.2. The number of phenolic OH excluding ortho intramolecular Hbond substituents is 1. The van der Waals surface area contributed by atoms with Crippen molar-refractivity contribution in [1.82, 2.24) is 10.2 Å². The zero-order chi connectivity index (χ0) is 26.9. The van der Waals surface area contributed by atoms with E-state index in [1.165, 1.54) is 6.07 Å². The van der Waals surface area contributed by atoms with Gasteiger partial charge in [-0.1, -0.05) is 19.9 Å². The summed E-state index contributed by atoms with van der Waals surface area (Å²) in [5.41, 5.74) is 3.97. The predicted octanol–water partition coefficient (Wildman–Crippen LogP) is 0.423. The summed E-state index contributed by atoms with van der Waals surface area (Å²) in [5, 5.41) is 47.0. The summed E-state index contributed by atoms with van der Waals surface area (Å²) in [4.78, 5) is 39.9. The third-order valence-corrected chi connectivity index (χ3v) is 7.35. The number of phenols is 1. The van der Waals surface area contributed by atoms with Gasteiger partial charge in [0.1, 0.15) is 11.5 Å². The Hall–Kier alpha value is -2.79. The molecule has 7 N–H and O–H groups in total. The predicted molar refractivity (Wildman–Crippen MR) is 132 cm³/mol. The zero-order valence-electron chi connectivity index (χ0n) is 21.2. The molecule has 0 bridgehead atoms. The van der Waals surface area contributed by atoms with Gasteiger partial charge in [0, 0.05) is 24.1 Å². The van der Waals surface area contributed by atoms with Crippen LogP contribution >= 0.6 is 0 Å². The van der Waals surface area contributed by atoms with Crippen molar-refractivity contribution in [3.8, 4) is 5.75 Å². The zero-order valence-corrected chi connectivity index (χ0v) is 21.2. The van der Waals surface area contributed by atoms with Gasteiger partial charge in [-0.2, -0.15) is 0 Å². The second-order valence-electron chi connectivity index (χ2n) is 10.5. The molecule has 0 saturated heterocycles. The van der Waals surface area contributed by atoms with E-state index in [1.54, 1.807) is 25.1 Å². The van der Waals surface area contributed by atoms with Gasteiger partial charge in [0.15, 0.2) is 17.2 Å². The molecule has 4 atom stereocenters. The Kier molecular flexibility index (Phi) is 8.24. The van der Waals surface area contributed by atoms with Crippen LogP contribution in [0.3, 0.4) is 0 Å². The standard InChI is InChI=1S/C26H37N3O7/c1-13(2)10-28-11-14-5-6-19(31)23-16(14)7-15-8-17(18(12-30)29(3)4)26(36,20(32)9-21(27)33)25(35)22(15)24(23)34/h5-6,13,15,17-18,28,30-31,35-36H,7-12H2,1-4H3,(H2,27,33)/t15-,17-,18?,26+/m0/s1. The van der Waals surface area contributed by atoms with Gasteiger partial charge in [-0.25, -0.2) is 0 Å². The summed E-state index contributed by atoms with van der Waals surface area (Å²) in [6.07, 6.45) is -0.471. The Labute approximate surface area is 210 Å². The number of hydrogen-bond donors (Lipinski definition) is 6. The summed E-state index contributed by atoms with van der Waals surface area (Å²) in [6.45, 7) is 4.96. The van der Waals surface area contributed by atoms with Crippen molar-refractivity contribution >= 4 is 17.5 Å². The molecule has 0 radical (unpaired) electrons. The Bertz CT molecular complexity index is 1080. The lowest BCUT2D eigenvalue weighted by molar-refractivity contribution is -0.151. The number of rotatable bonds is 10. The summed E-state index contributed by atoms with van der Waals surface area (Å²) < 4.78 is 0. The van der Waals surface area contributed by atoms with Crippen LogP contribution in [0.25, 0.3) is 0 Å². The second-order valence-corrected chi connectivity index (χ2v) is 10.5. The number of allylic oxidation sites excluding steroid dienone is 1. The number of nitrogens with one attached hydrogen (secondary N) is 1. The summed E-state index contributed by atoms with van der Waals surface area (Å²) in [6, 6.07) is 2.42. The Morgan fingerprint density at radius 2 is 1.92 bits per heavy atom. The quantitative estimate of drug-likeness (QED) is 0.247. The highest BCUT2D eigenvalue weighted by molar-refractivity contribution is 6.15. The molecule has 10 heteroatoms. The fourth-order valence-electron chi connectivity index (χ4n) is 5.57. The molecule has 0 fully saturated rings. The molecule has 10 nitrogen and oxygen atoms in total. The minimum absolute atomic E-state index is 0.0334. The number of nitrogens with zero attached hydrogens (tertiary/aromatic N) is 1. The van der Waals surface area contributed by atoms with E-state index in [9.17, 15) is 34.8 Å². The van der Waals surface area contributed by atoms with Crippen molar-refractivity contribution in [2.24, 2.45) is 23.5 Å². The van der Waals surface area contributed by atoms with Crippen LogP contribution in [-0.2, 0) is 22.6 Å². The monoisotopic (exact) mass is 503 g/mol. The van der Waals surface area contributed by atoms with Crippen molar-refractivity contribution in [3.05, 3.63) is 40.2 Å². The number of aliphatic hydroxyl groups is 3. The van der Waals surface area contributed by atoms with Crippen LogP contribution in [0.15, 0.2) is 23.5 Å². The van der Waals surface area contributed by atoms with Crippen LogP contribution in [0, 0.1) is 17.8 Å². The van der Waals surface area contributed by atoms with Gasteiger partial charge < -0.3 is 36.4 Å². The number of primary amides is 1. The van der Waals surface area contributed by atoms with Crippen molar-refractivity contribution in [1.29, 1.82) is 0 Å². The van der Waals surface area contributed by atoms with Gasteiger partial charge >= 0.3 is 0 Å². The molecular formula is C26H37N3O7. The molecule has 36 heavy (non-hydrogen) atoms. The number of likely N-dealkylation sites (N-methyl/N-ethyl adjacent to an activating group) is 1. The van der Waals surface area contributed by atoms with Gasteiger partial charge in [0.2, 0.25) is 5.91 Å². The molecule has 0 aromatic heterocycles. The number of Topliss-reactive ketones (excluding diaryl/α,β-unsaturated/α-hetero) is 2. The largest absolute Gasteiger partial charge is 0.508 e. The molecule has 0 saturated carbocycles. The lowest BCUT2D eigenvalue weighted by Gasteiger charge is -2.47. The third kappa shape index (κ3) is 4.90. The highest BCUT2D eigenvalue weighted by atomic mass is 16.3. The number of benzene rings is 1. The minimum Gasteiger partial charge on any atom is -0.508 e. The van der Waals surface area contributed by atoms with Gasteiger partial charge in [0.05, 0.1) is 18.6 Å². The van der Waals surface area contributed by atoms with E-state index in [4.69, 9.17) is 5.73 Å².